The van der Waals surface area contributed by atoms with Gasteiger partial charge in [0, 0.05) is 6.54 Å². The molecule has 35 heavy (non-hydrogen) atoms. The van der Waals surface area contributed by atoms with Crippen molar-refractivity contribution in [3.05, 3.63) is 94.9 Å². The Balaban J connectivity index is 1.40. The van der Waals surface area contributed by atoms with E-state index in [4.69, 9.17) is 9.26 Å². The lowest BCUT2D eigenvalue weighted by Crippen LogP contribution is -2.37. The van der Waals surface area contributed by atoms with Crippen molar-refractivity contribution in [2.24, 2.45) is 0 Å². The fraction of sp³-hybridized carbons (Fsp3) is 0.310. The van der Waals surface area contributed by atoms with Gasteiger partial charge in [-0.25, -0.2) is 0 Å². The molecule has 3 aromatic carbocycles. The van der Waals surface area contributed by atoms with Crippen molar-refractivity contribution in [1.82, 2.24) is 15.4 Å². The van der Waals surface area contributed by atoms with Crippen molar-refractivity contribution < 1.29 is 14.1 Å². The van der Waals surface area contributed by atoms with Crippen LogP contribution >= 0.6 is 0 Å². The number of nitrogens with one attached hydrogen (secondary N) is 1. The molecule has 0 radical (unpaired) electrons. The van der Waals surface area contributed by atoms with Crippen LogP contribution in [0.5, 0.6) is 5.75 Å². The number of hydrogen-bond donors (Lipinski definition) is 1. The van der Waals surface area contributed by atoms with Gasteiger partial charge in [0.05, 0.1) is 22.9 Å². The molecule has 0 aliphatic carbocycles. The standard InChI is InChI=1S/C29H31N3O3/c1-20-26(21(2)35-31-20)19-34-28-17-24-13-7-6-12-23(24)16-25(28)29(33)30-18-27(32-14-8-9-15-32)22-10-4-3-5-11-22/h3-7,10-13,16-17,27H,8-9,14-15,18-19H2,1-2H3,(H,30,33). The highest BCUT2D eigenvalue weighted by Crippen LogP contribution is 2.29. The van der Waals surface area contributed by atoms with E-state index in [0.717, 1.165) is 40.9 Å². The first kappa shape index (κ1) is 23.1. The molecule has 1 saturated heterocycles. The minimum Gasteiger partial charge on any atom is -0.488 e. The quantitative estimate of drug-likeness (QED) is 0.364. The number of carbonyl (C=O) groups is 1. The van der Waals surface area contributed by atoms with Gasteiger partial charge in [-0.15, -0.1) is 0 Å². The molecule has 0 bridgehead atoms. The number of hydrogen-bond acceptors (Lipinski definition) is 5. The maximum Gasteiger partial charge on any atom is 0.255 e. The zero-order valence-electron chi connectivity index (χ0n) is 20.3. The number of aryl methyl sites for hydroxylation is 2. The maximum atomic E-state index is 13.5. The Morgan fingerprint density at radius 3 is 2.40 bits per heavy atom. The van der Waals surface area contributed by atoms with E-state index in [1.165, 1.54) is 18.4 Å². The van der Waals surface area contributed by atoms with Crippen molar-refractivity contribution >= 4 is 16.7 Å². The van der Waals surface area contributed by atoms with Crippen molar-refractivity contribution in [1.29, 1.82) is 0 Å². The molecule has 6 nitrogen and oxygen atoms in total. The van der Waals surface area contributed by atoms with Gasteiger partial charge in [0.25, 0.3) is 5.91 Å². The molecule has 2 heterocycles. The Labute approximate surface area is 205 Å². The van der Waals surface area contributed by atoms with Gasteiger partial charge in [0.1, 0.15) is 18.1 Å². The summed E-state index contributed by atoms with van der Waals surface area (Å²) < 4.78 is 11.5. The summed E-state index contributed by atoms with van der Waals surface area (Å²) in [6.07, 6.45) is 2.39. The van der Waals surface area contributed by atoms with Gasteiger partial charge < -0.3 is 14.6 Å². The lowest BCUT2D eigenvalue weighted by molar-refractivity contribution is 0.0933. The van der Waals surface area contributed by atoms with E-state index < -0.39 is 0 Å². The number of likely N-dealkylation sites (tertiary alicyclic amines) is 1. The predicted octanol–water partition coefficient (Wildman–Crippen LogP) is 5.59. The van der Waals surface area contributed by atoms with Gasteiger partial charge in [0.15, 0.2) is 0 Å². The zero-order valence-corrected chi connectivity index (χ0v) is 20.3. The van der Waals surface area contributed by atoms with Gasteiger partial charge in [-0.2, -0.15) is 0 Å². The van der Waals surface area contributed by atoms with Gasteiger partial charge >= 0.3 is 0 Å². The Hall–Kier alpha value is -3.64. The molecule has 5 rings (SSSR count). The number of nitrogens with zero attached hydrogens (tertiary/aromatic N) is 2. The molecule has 1 fully saturated rings. The fourth-order valence-corrected chi connectivity index (χ4v) is 4.84. The molecule has 1 unspecified atom stereocenters. The van der Waals surface area contributed by atoms with E-state index in [0.29, 0.717) is 24.5 Å². The molecular weight excluding hydrogens is 438 g/mol. The average molecular weight is 470 g/mol. The number of fused-ring (bicyclic) bond motifs is 1. The molecular formula is C29H31N3O3. The fourth-order valence-electron chi connectivity index (χ4n) is 4.84. The zero-order chi connectivity index (χ0) is 24.2. The number of rotatable bonds is 8. The van der Waals surface area contributed by atoms with Gasteiger partial charge in [-0.3, -0.25) is 9.69 Å². The van der Waals surface area contributed by atoms with Crippen LogP contribution in [-0.2, 0) is 6.61 Å². The Morgan fingerprint density at radius 2 is 1.71 bits per heavy atom. The summed E-state index contributed by atoms with van der Waals surface area (Å²) in [6, 6.07) is 22.4. The Kier molecular flexibility index (Phi) is 6.82. The van der Waals surface area contributed by atoms with Gasteiger partial charge in [-0.1, -0.05) is 59.8 Å². The van der Waals surface area contributed by atoms with E-state index in [1.54, 1.807) is 0 Å². The summed E-state index contributed by atoms with van der Waals surface area (Å²) in [5, 5.41) is 9.24. The van der Waals surface area contributed by atoms with Crippen LogP contribution in [0, 0.1) is 13.8 Å². The Morgan fingerprint density at radius 1 is 1.03 bits per heavy atom. The third kappa shape index (κ3) is 5.08. The molecule has 4 aromatic rings. The van der Waals surface area contributed by atoms with Crippen LogP contribution in [0.1, 0.15) is 51.8 Å². The lowest BCUT2D eigenvalue weighted by Gasteiger charge is -2.28. The predicted molar refractivity (Wildman–Crippen MR) is 137 cm³/mol. The molecule has 1 aromatic heterocycles. The van der Waals surface area contributed by atoms with E-state index in [1.807, 2.05) is 56.3 Å². The Bertz CT molecular complexity index is 1290. The second kappa shape index (κ2) is 10.3. The molecule has 180 valence electrons. The number of amides is 1. The molecule has 1 N–H and O–H groups in total. The highest BCUT2D eigenvalue weighted by molar-refractivity contribution is 6.01. The topological polar surface area (TPSA) is 67.6 Å². The van der Waals surface area contributed by atoms with Crippen molar-refractivity contribution in [2.75, 3.05) is 19.6 Å². The van der Waals surface area contributed by atoms with Crippen LogP contribution in [0.4, 0.5) is 0 Å². The highest BCUT2D eigenvalue weighted by atomic mass is 16.5. The van der Waals surface area contributed by atoms with Gasteiger partial charge in [-0.05, 0) is 68.2 Å². The highest BCUT2D eigenvalue weighted by Gasteiger charge is 2.25. The summed E-state index contributed by atoms with van der Waals surface area (Å²) in [5.74, 6) is 1.15. The molecule has 1 aliphatic heterocycles. The number of benzene rings is 3. The molecule has 0 saturated carbocycles. The van der Waals surface area contributed by atoms with Crippen molar-refractivity contribution in [3.63, 3.8) is 0 Å². The van der Waals surface area contributed by atoms with E-state index in [9.17, 15) is 4.79 Å². The molecule has 1 amide bonds. The minimum absolute atomic E-state index is 0.135. The summed E-state index contributed by atoms with van der Waals surface area (Å²) in [7, 11) is 0. The number of carbonyl (C=O) groups excluding carboxylic acids is 1. The molecule has 0 spiro atoms. The SMILES string of the molecule is Cc1noc(C)c1COc1cc2ccccc2cc1C(=O)NCC(c1ccccc1)N1CCCC1. The summed E-state index contributed by atoms with van der Waals surface area (Å²) in [6.45, 7) is 6.70. The summed E-state index contributed by atoms with van der Waals surface area (Å²) in [4.78, 5) is 16.0. The van der Waals surface area contributed by atoms with Crippen molar-refractivity contribution in [2.45, 2.75) is 39.3 Å². The first-order valence-corrected chi connectivity index (χ1v) is 12.2. The van der Waals surface area contributed by atoms with Gasteiger partial charge in [0.2, 0.25) is 0 Å². The maximum absolute atomic E-state index is 13.5. The van der Waals surface area contributed by atoms with Crippen LogP contribution < -0.4 is 10.1 Å². The van der Waals surface area contributed by atoms with Crippen LogP contribution in [-0.4, -0.2) is 35.6 Å². The largest absolute Gasteiger partial charge is 0.488 e. The normalized spacial score (nSPS) is 14.8. The molecule has 1 atom stereocenters. The first-order chi connectivity index (χ1) is 17.1. The second-order valence-electron chi connectivity index (χ2n) is 9.17. The van der Waals surface area contributed by atoms with Crippen LogP contribution in [0.25, 0.3) is 10.8 Å². The summed E-state index contributed by atoms with van der Waals surface area (Å²) in [5.41, 5.74) is 3.46. The van der Waals surface area contributed by atoms with E-state index in [-0.39, 0.29) is 11.9 Å². The minimum atomic E-state index is -0.135. The molecule has 6 heteroatoms. The third-order valence-electron chi connectivity index (χ3n) is 6.87. The van der Waals surface area contributed by atoms with Crippen LogP contribution in [0.3, 0.4) is 0 Å². The van der Waals surface area contributed by atoms with Crippen LogP contribution in [0.15, 0.2) is 71.3 Å². The number of aromatic nitrogens is 1. The summed E-state index contributed by atoms with van der Waals surface area (Å²) >= 11 is 0. The first-order valence-electron chi connectivity index (χ1n) is 12.2. The third-order valence-corrected chi connectivity index (χ3v) is 6.87. The smallest absolute Gasteiger partial charge is 0.255 e. The molecule has 1 aliphatic rings. The van der Waals surface area contributed by atoms with E-state index >= 15 is 0 Å². The van der Waals surface area contributed by atoms with Crippen LogP contribution in [0.2, 0.25) is 0 Å². The monoisotopic (exact) mass is 469 g/mol. The number of ether oxygens (including phenoxy) is 1. The van der Waals surface area contributed by atoms with Crippen molar-refractivity contribution in [3.8, 4) is 5.75 Å². The second-order valence-corrected chi connectivity index (χ2v) is 9.17. The average Bonchev–Trinajstić information content (AvgIpc) is 3.53. The lowest BCUT2D eigenvalue weighted by atomic mass is 10.0. The van der Waals surface area contributed by atoms with E-state index in [2.05, 4.69) is 39.6 Å².